The third-order valence-electron chi connectivity index (χ3n) is 5.18. The SMILES string of the molecule is COC(=O)CCNC(=O)C1CCN(c2cccc(N)c2)CC1.NC(=O)OCc1ccccc1. The zero-order chi connectivity index (χ0) is 24.1. The van der Waals surface area contributed by atoms with E-state index in [9.17, 15) is 14.4 Å². The van der Waals surface area contributed by atoms with Gasteiger partial charge in [-0.2, -0.15) is 0 Å². The van der Waals surface area contributed by atoms with Crippen molar-refractivity contribution in [1.29, 1.82) is 0 Å². The minimum atomic E-state index is -0.742. The topological polar surface area (TPSA) is 137 Å². The lowest BCUT2D eigenvalue weighted by Gasteiger charge is -2.33. The van der Waals surface area contributed by atoms with Gasteiger partial charge in [-0.3, -0.25) is 9.59 Å². The molecule has 0 spiro atoms. The molecular weight excluding hydrogens is 424 g/mol. The summed E-state index contributed by atoms with van der Waals surface area (Å²) in [6, 6.07) is 17.2. The number of nitrogen functional groups attached to an aromatic ring is 1. The number of carbonyl (C=O) groups is 3. The molecule has 0 aromatic heterocycles. The van der Waals surface area contributed by atoms with Crippen molar-refractivity contribution < 1.29 is 23.9 Å². The number of hydrogen-bond acceptors (Lipinski definition) is 7. The zero-order valence-corrected chi connectivity index (χ0v) is 18.9. The van der Waals surface area contributed by atoms with Gasteiger partial charge in [-0.15, -0.1) is 0 Å². The van der Waals surface area contributed by atoms with Gasteiger partial charge in [0.2, 0.25) is 5.91 Å². The van der Waals surface area contributed by atoms with Crippen LogP contribution in [0.1, 0.15) is 24.8 Å². The van der Waals surface area contributed by atoms with Gasteiger partial charge in [0.15, 0.2) is 0 Å². The van der Waals surface area contributed by atoms with Crippen LogP contribution in [-0.4, -0.2) is 44.7 Å². The third-order valence-corrected chi connectivity index (χ3v) is 5.18. The molecular formula is C24H32N4O5. The lowest BCUT2D eigenvalue weighted by molar-refractivity contribution is -0.140. The van der Waals surface area contributed by atoms with Gasteiger partial charge in [-0.05, 0) is 36.6 Å². The molecule has 9 nitrogen and oxygen atoms in total. The van der Waals surface area contributed by atoms with Crippen LogP contribution < -0.4 is 21.7 Å². The number of anilines is 2. The number of amides is 2. The number of rotatable bonds is 7. The number of primary amides is 1. The fraction of sp³-hybridized carbons (Fsp3) is 0.375. The largest absolute Gasteiger partial charge is 0.469 e. The second-order valence-electron chi connectivity index (χ2n) is 7.57. The highest BCUT2D eigenvalue weighted by Gasteiger charge is 2.25. The maximum Gasteiger partial charge on any atom is 0.404 e. The van der Waals surface area contributed by atoms with Crippen molar-refractivity contribution in [2.45, 2.75) is 25.9 Å². The minimum Gasteiger partial charge on any atom is -0.469 e. The quantitative estimate of drug-likeness (QED) is 0.430. The Morgan fingerprint density at radius 3 is 2.36 bits per heavy atom. The lowest BCUT2D eigenvalue weighted by atomic mass is 9.95. The van der Waals surface area contributed by atoms with E-state index in [4.69, 9.17) is 11.5 Å². The van der Waals surface area contributed by atoms with Gasteiger partial charge < -0.3 is 31.2 Å². The Balaban J connectivity index is 0.000000294. The fourth-order valence-electron chi connectivity index (χ4n) is 3.38. The molecule has 178 valence electrons. The highest BCUT2D eigenvalue weighted by atomic mass is 16.5. The summed E-state index contributed by atoms with van der Waals surface area (Å²) in [5.74, 6) is -0.275. The molecule has 2 amide bonds. The summed E-state index contributed by atoms with van der Waals surface area (Å²) in [6.07, 6.45) is 1.08. The number of methoxy groups -OCH3 is 1. The van der Waals surface area contributed by atoms with E-state index in [1.54, 1.807) is 0 Å². The van der Waals surface area contributed by atoms with Crippen molar-refractivity contribution in [3.8, 4) is 0 Å². The molecule has 0 saturated carbocycles. The van der Waals surface area contributed by atoms with Gasteiger partial charge in [0, 0.05) is 36.9 Å². The first-order valence-corrected chi connectivity index (χ1v) is 10.8. The van der Waals surface area contributed by atoms with Crippen LogP contribution in [0, 0.1) is 5.92 Å². The van der Waals surface area contributed by atoms with E-state index in [1.165, 1.54) is 7.11 Å². The van der Waals surface area contributed by atoms with E-state index in [-0.39, 0.29) is 30.8 Å². The van der Waals surface area contributed by atoms with Crippen LogP contribution in [0.2, 0.25) is 0 Å². The van der Waals surface area contributed by atoms with Gasteiger partial charge in [0.1, 0.15) is 6.61 Å². The zero-order valence-electron chi connectivity index (χ0n) is 18.9. The number of nitrogens with one attached hydrogen (secondary N) is 1. The van der Waals surface area contributed by atoms with Crippen LogP contribution in [0.15, 0.2) is 54.6 Å². The van der Waals surface area contributed by atoms with Gasteiger partial charge in [0.05, 0.1) is 13.5 Å². The standard InChI is InChI=1S/C16H23N3O3.C8H9NO2/c1-22-15(20)5-8-18-16(21)12-6-9-19(10-7-12)14-4-2-3-13(17)11-14;9-8(10)11-6-7-4-2-1-3-5-7/h2-4,11-12H,5-10,17H2,1H3,(H,18,21);1-5H,6H2,(H2,9,10). The maximum atomic E-state index is 12.1. The summed E-state index contributed by atoms with van der Waals surface area (Å²) >= 11 is 0. The molecule has 0 aliphatic carbocycles. The monoisotopic (exact) mass is 456 g/mol. The maximum absolute atomic E-state index is 12.1. The Morgan fingerprint density at radius 1 is 1.06 bits per heavy atom. The van der Waals surface area contributed by atoms with E-state index >= 15 is 0 Å². The van der Waals surface area contributed by atoms with Crippen LogP contribution in [0.25, 0.3) is 0 Å². The van der Waals surface area contributed by atoms with Crippen LogP contribution >= 0.6 is 0 Å². The average Bonchev–Trinajstić information content (AvgIpc) is 2.83. The summed E-state index contributed by atoms with van der Waals surface area (Å²) in [6.45, 7) is 2.24. The molecule has 1 aliphatic rings. The van der Waals surface area contributed by atoms with E-state index in [1.807, 2.05) is 54.6 Å². The van der Waals surface area contributed by atoms with Crippen molar-refractivity contribution >= 4 is 29.3 Å². The molecule has 2 aromatic rings. The summed E-state index contributed by atoms with van der Waals surface area (Å²) in [7, 11) is 1.34. The van der Waals surface area contributed by atoms with Gasteiger partial charge in [0.25, 0.3) is 0 Å². The van der Waals surface area contributed by atoms with Gasteiger partial charge >= 0.3 is 12.1 Å². The third kappa shape index (κ3) is 9.51. The number of nitrogens with zero attached hydrogens (tertiary/aromatic N) is 1. The predicted octanol–water partition coefficient (Wildman–Crippen LogP) is 2.45. The van der Waals surface area contributed by atoms with E-state index < -0.39 is 6.09 Å². The van der Waals surface area contributed by atoms with Crippen molar-refractivity contribution in [3.05, 3.63) is 60.2 Å². The first kappa shape index (κ1) is 25.5. The molecule has 2 aromatic carbocycles. The number of piperidine rings is 1. The summed E-state index contributed by atoms with van der Waals surface area (Å²) < 4.78 is 9.11. The van der Waals surface area contributed by atoms with Crippen LogP contribution in [0.3, 0.4) is 0 Å². The van der Waals surface area contributed by atoms with E-state index in [0.717, 1.165) is 42.9 Å². The predicted molar refractivity (Wildman–Crippen MR) is 126 cm³/mol. The molecule has 1 aliphatic heterocycles. The smallest absolute Gasteiger partial charge is 0.404 e. The molecule has 1 heterocycles. The summed E-state index contributed by atoms with van der Waals surface area (Å²) in [4.78, 5) is 35.5. The molecule has 0 radical (unpaired) electrons. The second kappa shape index (κ2) is 13.6. The van der Waals surface area contributed by atoms with Gasteiger partial charge in [-0.25, -0.2) is 4.79 Å². The minimum absolute atomic E-state index is 0.00922. The lowest BCUT2D eigenvalue weighted by Crippen LogP contribution is -2.41. The van der Waals surface area contributed by atoms with Gasteiger partial charge in [-0.1, -0.05) is 36.4 Å². The molecule has 0 bridgehead atoms. The number of benzene rings is 2. The van der Waals surface area contributed by atoms with Crippen LogP contribution in [0.4, 0.5) is 16.2 Å². The van der Waals surface area contributed by atoms with Crippen molar-refractivity contribution in [1.82, 2.24) is 5.32 Å². The summed E-state index contributed by atoms with van der Waals surface area (Å²) in [5, 5.41) is 2.80. The number of hydrogen-bond donors (Lipinski definition) is 3. The molecule has 1 fully saturated rings. The van der Waals surface area contributed by atoms with Crippen molar-refractivity contribution in [2.24, 2.45) is 11.7 Å². The fourth-order valence-corrected chi connectivity index (χ4v) is 3.38. The van der Waals surface area contributed by atoms with Crippen molar-refractivity contribution in [3.63, 3.8) is 0 Å². The first-order chi connectivity index (χ1) is 15.9. The Labute approximate surface area is 194 Å². The van der Waals surface area contributed by atoms with E-state index in [2.05, 4.69) is 19.7 Å². The Kier molecular flexibility index (Phi) is 10.5. The summed E-state index contributed by atoms with van der Waals surface area (Å²) in [5.41, 5.74) is 13.4. The Morgan fingerprint density at radius 2 is 1.76 bits per heavy atom. The normalized spacial score (nSPS) is 13.3. The van der Waals surface area contributed by atoms with Crippen LogP contribution in [-0.2, 0) is 25.7 Å². The highest BCUT2D eigenvalue weighted by molar-refractivity contribution is 5.79. The second-order valence-corrected chi connectivity index (χ2v) is 7.57. The number of ether oxygens (including phenoxy) is 2. The van der Waals surface area contributed by atoms with E-state index in [0.29, 0.717) is 6.54 Å². The molecule has 33 heavy (non-hydrogen) atoms. The Hall–Kier alpha value is -3.75. The van der Waals surface area contributed by atoms with Crippen molar-refractivity contribution in [2.75, 3.05) is 37.4 Å². The molecule has 5 N–H and O–H groups in total. The average molecular weight is 457 g/mol. The molecule has 0 unspecified atom stereocenters. The molecule has 1 saturated heterocycles. The molecule has 3 rings (SSSR count). The number of nitrogens with two attached hydrogens (primary N) is 2. The molecule has 9 heteroatoms. The molecule has 0 atom stereocenters. The van der Waals surface area contributed by atoms with Crippen LogP contribution in [0.5, 0.6) is 0 Å². The highest BCUT2D eigenvalue weighted by Crippen LogP contribution is 2.24. The first-order valence-electron chi connectivity index (χ1n) is 10.8. The number of carbonyl (C=O) groups excluding carboxylic acids is 3. The number of esters is 1. The Bertz CT molecular complexity index is 899.